The van der Waals surface area contributed by atoms with Crippen molar-refractivity contribution < 1.29 is 4.39 Å². The van der Waals surface area contributed by atoms with Crippen LogP contribution < -0.4 is 10.6 Å². The van der Waals surface area contributed by atoms with Gasteiger partial charge in [0.15, 0.2) is 0 Å². The molecule has 0 bridgehead atoms. The zero-order valence-electron chi connectivity index (χ0n) is 11.8. The van der Waals surface area contributed by atoms with E-state index in [0.29, 0.717) is 18.3 Å². The molecular formula is C17H15FN4. The molecule has 0 unspecified atom stereocenters. The number of para-hydroxylation sites is 1. The van der Waals surface area contributed by atoms with Crippen molar-refractivity contribution in [2.75, 3.05) is 10.6 Å². The molecule has 0 spiro atoms. The summed E-state index contributed by atoms with van der Waals surface area (Å²) in [7, 11) is 0. The van der Waals surface area contributed by atoms with Gasteiger partial charge in [-0.1, -0.05) is 30.3 Å². The molecule has 22 heavy (non-hydrogen) atoms. The third-order valence-electron chi connectivity index (χ3n) is 3.07. The Bertz CT molecular complexity index is 729. The van der Waals surface area contributed by atoms with Gasteiger partial charge in [0.2, 0.25) is 5.95 Å². The van der Waals surface area contributed by atoms with Crippen LogP contribution in [-0.4, -0.2) is 9.97 Å². The summed E-state index contributed by atoms with van der Waals surface area (Å²) >= 11 is 0. The Morgan fingerprint density at radius 1 is 0.909 bits per heavy atom. The van der Waals surface area contributed by atoms with E-state index < -0.39 is 0 Å². The van der Waals surface area contributed by atoms with Crippen LogP contribution in [0.15, 0.2) is 66.9 Å². The highest BCUT2D eigenvalue weighted by Crippen LogP contribution is 2.14. The maximum absolute atomic E-state index is 12.9. The Labute approximate surface area is 128 Å². The Hall–Kier alpha value is -2.95. The highest BCUT2D eigenvalue weighted by Gasteiger charge is 2.00. The Morgan fingerprint density at radius 2 is 1.68 bits per heavy atom. The molecule has 0 aliphatic rings. The van der Waals surface area contributed by atoms with E-state index in [-0.39, 0.29) is 5.82 Å². The molecule has 0 fully saturated rings. The topological polar surface area (TPSA) is 49.8 Å². The van der Waals surface area contributed by atoms with Crippen LogP contribution in [0.2, 0.25) is 0 Å². The van der Waals surface area contributed by atoms with E-state index in [4.69, 9.17) is 0 Å². The summed E-state index contributed by atoms with van der Waals surface area (Å²) in [5.41, 5.74) is 1.91. The summed E-state index contributed by atoms with van der Waals surface area (Å²) in [6, 6.07) is 17.9. The van der Waals surface area contributed by atoms with Gasteiger partial charge in [0, 0.05) is 18.4 Å². The van der Waals surface area contributed by atoms with Gasteiger partial charge in [-0.3, -0.25) is 0 Å². The Morgan fingerprint density at radius 3 is 2.45 bits per heavy atom. The van der Waals surface area contributed by atoms with Crippen molar-refractivity contribution in [3.05, 3.63) is 78.2 Å². The van der Waals surface area contributed by atoms with Crippen LogP contribution in [0.25, 0.3) is 0 Å². The summed E-state index contributed by atoms with van der Waals surface area (Å²) in [6.45, 7) is 0.571. The number of nitrogens with one attached hydrogen (secondary N) is 2. The zero-order chi connectivity index (χ0) is 15.2. The molecule has 3 aromatic rings. The van der Waals surface area contributed by atoms with Gasteiger partial charge in [0.25, 0.3) is 0 Å². The molecule has 0 amide bonds. The van der Waals surface area contributed by atoms with Crippen molar-refractivity contribution in [3.63, 3.8) is 0 Å². The first-order valence-electron chi connectivity index (χ1n) is 6.93. The predicted octanol–water partition coefficient (Wildman–Crippen LogP) is 3.97. The number of aromatic nitrogens is 2. The largest absolute Gasteiger partial charge is 0.366 e. The number of nitrogens with zero attached hydrogens (tertiary/aromatic N) is 2. The first-order valence-corrected chi connectivity index (χ1v) is 6.93. The minimum atomic E-state index is -0.236. The molecule has 0 atom stereocenters. The van der Waals surface area contributed by atoms with Crippen molar-refractivity contribution in [2.24, 2.45) is 0 Å². The van der Waals surface area contributed by atoms with Crippen molar-refractivity contribution in [1.82, 2.24) is 9.97 Å². The lowest BCUT2D eigenvalue weighted by atomic mass is 10.2. The van der Waals surface area contributed by atoms with E-state index in [1.807, 2.05) is 30.3 Å². The fraction of sp³-hybridized carbons (Fsp3) is 0.0588. The van der Waals surface area contributed by atoms with Gasteiger partial charge in [-0.2, -0.15) is 4.98 Å². The van der Waals surface area contributed by atoms with E-state index >= 15 is 0 Å². The van der Waals surface area contributed by atoms with Crippen LogP contribution in [0.3, 0.4) is 0 Å². The molecule has 110 valence electrons. The lowest BCUT2D eigenvalue weighted by molar-refractivity contribution is 0.627. The number of halogens is 1. The standard InChI is InChI=1S/C17H15FN4/c18-14-8-6-13(7-9-14)12-20-16-10-11-19-17(22-16)21-15-4-2-1-3-5-15/h1-11H,12H2,(H2,19,20,21,22). The van der Waals surface area contributed by atoms with E-state index in [1.165, 1.54) is 12.1 Å². The average molecular weight is 294 g/mol. The fourth-order valence-corrected chi connectivity index (χ4v) is 1.96. The molecule has 1 heterocycles. The van der Waals surface area contributed by atoms with Crippen LogP contribution in [0.5, 0.6) is 0 Å². The second-order valence-corrected chi connectivity index (χ2v) is 4.74. The first kappa shape index (κ1) is 14.0. The second kappa shape index (κ2) is 6.67. The molecular weight excluding hydrogens is 279 g/mol. The first-order chi connectivity index (χ1) is 10.8. The summed E-state index contributed by atoms with van der Waals surface area (Å²) in [4.78, 5) is 8.58. The van der Waals surface area contributed by atoms with Crippen molar-refractivity contribution in [2.45, 2.75) is 6.54 Å². The molecule has 2 aromatic carbocycles. The van der Waals surface area contributed by atoms with E-state index in [1.54, 1.807) is 24.4 Å². The molecule has 5 heteroatoms. The smallest absolute Gasteiger partial charge is 0.229 e. The number of anilines is 3. The van der Waals surface area contributed by atoms with E-state index in [2.05, 4.69) is 20.6 Å². The average Bonchev–Trinajstić information content (AvgIpc) is 2.56. The highest BCUT2D eigenvalue weighted by molar-refractivity contribution is 5.54. The molecule has 0 saturated heterocycles. The van der Waals surface area contributed by atoms with Gasteiger partial charge in [0.1, 0.15) is 11.6 Å². The maximum Gasteiger partial charge on any atom is 0.229 e. The number of hydrogen-bond acceptors (Lipinski definition) is 4. The molecule has 4 nitrogen and oxygen atoms in total. The van der Waals surface area contributed by atoms with Crippen LogP contribution in [0, 0.1) is 5.82 Å². The van der Waals surface area contributed by atoms with Gasteiger partial charge in [-0.05, 0) is 35.9 Å². The second-order valence-electron chi connectivity index (χ2n) is 4.74. The SMILES string of the molecule is Fc1ccc(CNc2ccnc(Nc3ccccc3)n2)cc1. The molecule has 0 aliphatic carbocycles. The third-order valence-corrected chi connectivity index (χ3v) is 3.07. The predicted molar refractivity (Wildman–Crippen MR) is 85.5 cm³/mol. The Kier molecular flexibility index (Phi) is 4.25. The van der Waals surface area contributed by atoms with E-state index in [9.17, 15) is 4.39 Å². The summed E-state index contributed by atoms with van der Waals surface area (Å²) < 4.78 is 12.9. The monoisotopic (exact) mass is 294 g/mol. The van der Waals surface area contributed by atoms with Gasteiger partial charge in [0.05, 0.1) is 0 Å². The molecule has 0 saturated carbocycles. The summed E-state index contributed by atoms with van der Waals surface area (Å²) in [6.07, 6.45) is 1.69. The molecule has 3 rings (SSSR count). The zero-order valence-corrected chi connectivity index (χ0v) is 11.8. The van der Waals surface area contributed by atoms with Gasteiger partial charge < -0.3 is 10.6 Å². The number of benzene rings is 2. The maximum atomic E-state index is 12.9. The lowest BCUT2D eigenvalue weighted by Crippen LogP contribution is -2.04. The minimum Gasteiger partial charge on any atom is -0.366 e. The number of rotatable bonds is 5. The van der Waals surface area contributed by atoms with Gasteiger partial charge in [-0.25, -0.2) is 9.37 Å². The fourth-order valence-electron chi connectivity index (χ4n) is 1.96. The summed E-state index contributed by atoms with van der Waals surface area (Å²) in [5, 5.41) is 6.33. The van der Waals surface area contributed by atoms with Crippen LogP contribution in [-0.2, 0) is 6.54 Å². The quantitative estimate of drug-likeness (QED) is 0.747. The van der Waals surface area contributed by atoms with Crippen LogP contribution in [0.1, 0.15) is 5.56 Å². The van der Waals surface area contributed by atoms with Crippen LogP contribution >= 0.6 is 0 Å². The van der Waals surface area contributed by atoms with Crippen molar-refractivity contribution in [3.8, 4) is 0 Å². The molecule has 0 radical (unpaired) electrons. The minimum absolute atomic E-state index is 0.236. The van der Waals surface area contributed by atoms with E-state index in [0.717, 1.165) is 11.3 Å². The molecule has 0 aliphatic heterocycles. The number of hydrogen-bond donors (Lipinski definition) is 2. The van der Waals surface area contributed by atoms with Crippen molar-refractivity contribution >= 4 is 17.5 Å². The van der Waals surface area contributed by atoms with Crippen LogP contribution in [0.4, 0.5) is 21.8 Å². The Balaban J connectivity index is 1.65. The normalized spacial score (nSPS) is 10.2. The molecule has 1 aromatic heterocycles. The van der Waals surface area contributed by atoms with Gasteiger partial charge in [-0.15, -0.1) is 0 Å². The van der Waals surface area contributed by atoms with Crippen molar-refractivity contribution in [1.29, 1.82) is 0 Å². The lowest BCUT2D eigenvalue weighted by Gasteiger charge is -2.08. The van der Waals surface area contributed by atoms with Gasteiger partial charge >= 0.3 is 0 Å². The highest BCUT2D eigenvalue weighted by atomic mass is 19.1. The summed E-state index contributed by atoms with van der Waals surface area (Å²) in [5.74, 6) is 0.994. The third kappa shape index (κ3) is 3.79. The molecule has 2 N–H and O–H groups in total.